The number of carbonyl (C=O) groups excluding carboxylic acids is 4. The first-order chi connectivity index (χ1) is 16.2. The Bertz CT molecular complexity index is 747. The summed E-state index contributed by atoms with van der Waals surface area (Å²) in [5.41, 5.74) is 12.0. The van der Waals surface area contributed by atoms with Crippen LogP contribution in [0.3, 0.4) is 0 Å². The lowest BCUT2D eigenvalue weighted by atomic mass is 10.00. The maximum atomic E-state index is 13.5. The summed E-state index contributed by atoms with van der Waals surface area (Å²) in [6.45, 7) is 8.13. The summed E-state index contributed by atoms with van der Waals surface area (Å²) < 4.78 is 10.1. The second-order valence-electron chi connectivity index (χ2n) is 8.75. The number of nitrogens with two attached hydrogens (primary N) is 1. The van der Waals surface area contributed by atoms with Gasteiger partial charge in [0.05, 0.1) is 12.6 Å². The number of amides is 3. The molecule has 0 spiro atoms. The SMILES string of the molecule is C=CCOC(=O)[C@H](COC)NC(=O)[C@H]1CCCNN1C(=O)[C@@H]1CCCNN1C(=O)[C@H](N)C(C)C. The van der Waals surface area contributed by atoms with Crippen molar-refractivity contribution >= 4 is 23.7 Å². The number of hydrogen-bond acceptors (Lipinski definition) is 9. The standard InChI is InChI=1S/C22H38N6O6/c1-5-12-34-22(32)15(13-33-4)26-19(29)16-8-6-10-24-27(16)20(30)17-9-7-11-25-28(17)21(31)18(23)14(2)3/h5,14-18,24-25H,1,6-13,23H2,2-4H3,(H,26,29)/t15-,16+,17-,18+/m0/s1. The minimum Gasteiger partial charge on any atom is -0.460 e. The zero-order chi connectivity index (χ0) is 25.3. The number of methoxy groups -OCH3 is 1. The van der Waals surface area contributed by atoms with Gasteiger partial charge in [-0.1, -0.05) is 26.5 Å². The molecule has 3 amide bonds. The molecule has 0 aromatic heterocycles. The van der Waals surface area contributed by atoms with E-state index in [1.165, 1.54) is 23.2 Å². The van der Waals surface area contributed by atoms with E-state index in [1.54, 1.807) is 0 Å². The van der Waals surface area contributed by atoms with E-state index in [-0.39, 0.29) is 25.0 Å². The molecule has 192 valence electrons. The molecule has 2 fully saturated rings. The summed E-state index contributed by atoms with van der Waals surface area (Å²) in [5.74, 6) is -2.05. The van der Waals surface area contributed by atoms with Gasteiger partial charge < -0.3 is 20.5 Å². The number of hydrazine groups is 2. The first-order valence-electron chi connectivity index (χ1n) is 11.7. The molecular formula is C22H38N6O6. The Kier molecular flexibility index (Phi) is 10.9. The Morgan fingerprint density at radius 1 is 1.12 bits per heavy atom. The van der Waals surface area contributed by atoms with E-state index in [0.717, 1.165) is 0 Å². The van der Waals surface area contributed by atoms with Crippen molar-refractivity contribution in [2.75, 3.05) is 33.4 Å². The van der Waals surface area contributed by atoms with Crippen LogP contribution in [0.15, 0.2) is 12.7 Å². The molecule has 2 rings (SSSR count). The van der Waals surface area contributed by atoms with Crippen molar-refractivity contribution in [3.05, 3.63) is 12.7 Å². The van der Waals surface area contributed by atoms with Gasteiger partial charge in [0.25, 0.3) is 11.8 Å². The van der Waals surface area contributed by atoms with Gasteiger partial charge in [-0.2, -0.15) is 0 Å². The first kappa shape index (κ1) is 27.7. The van der Waals surface area contributed by atoms with E-state index >= 15 is 0 Å². The molecule has 0 bridgehead atoms. The number of rotatable bonds is 10. The van der Waals surface area contributed by atoms with Gasteiger partial charge in [-0.05, 0) is 31.6 Å². The average Bonchev–Trinajstić information content (AvgIpc) is 2.85. The predicted molar refractivity (Wildman–Crippen MR) is 124 cm³/mol. The van der Waals surface area contributed by atoms with Gasteiger partial charge in [0.15, 0.2) is 6.04 Å². The van der Waals surface area contributed by atoms with Crippen molar-refractivity contribution in [1.82, 2.24) is 26.2 Å². The van der Waals surface area contributed by atoms with Crippen molar-refractivity contribution in [3.63, 3.8) is 0 Å². The lowest BCUT2D eigenvalue weighted by molar-refractivity contribution is -0.160. The number of ether oxygens (including phenoxy) is 2. The Morgan fingerprint density at radius 3 is 2.32 bits per heavy atom. The molecule has 0 aromatic rings. The van der Waals surface area contributed by atoms with Crippen molar-refractivity contribution in [1.29, 1.82) is 0 Å². The molecule has 2 aliphatic rings. The fourth-order valence-electron chi connectivity index (χ4n) is 3.86. The Hall–Kier alpha value is -2.54. The van der Waals surface area contributed by atoms with Crippen LogP contribution in [0.5, 0.6) is 0 Å². The Morgan fingerprint density at radius 2 is 1.74 bits per heavy atom. The minimum absolute atomic E-state index is 0.00156. The predicted octanol–water partition coefficient (Wildman–Crippen LogP) is -1.18. The topological polar surface area (TPSA) is 155 Å². The largest absolute Gasteiger partial charge is 0.460 e. The molecule has 2 aliphatic heterocycles. The van der Waals surface area contributed by atoms with Crippen LogP contribution in [-0.2, 0) is 28.7 Å². The number of carbonyl (C=O) groups is 4. The van der Waals surface area contributed by atoms with Crippen molar-refractivity contribution in [3.8, 4) is 0 Å². The molecule has 12 nitrogen and oxygen atoms in total. The van der Waals surface area contributed by atoms with Crippen LogP contribution >= 0.6 is 0 Å². The molecule has 0 saturated carbocycles. The van der Waals surface area contributed by atoms with E-state index in [0.29, 0.717) is 38.8 Å². The molecule has 34 heavy (non-hydrogen) atoms. The molecule has 2 saturated heterocycles. The highest BCUT2D eigenvalue weighted by molar-refractivity contribution is 5.94. The summed E-state index contributed by atoms with van der Waals surface area (Å²) >= 11 is 0. The monoisotopic (exact) mass is 482 g/mol. The number of esters is 1. The van der Waals surface area contributed by atoms with Crippen molar-refractivity contribution < 1.29 is 28.7 Å². The van der Waals surface area contributed by atoms with E-state index in [2.05, 4.69) is 22.7 Å². The molecule has 12 heteroatoms. The van der Waals surface area contributed by atoms with Gasteiger partial charge in [0.1, 0.15) is 18.7 Å². The molecule has 4 atom stereocenters. The minimum atomic E-state index is -1.03. The quantitative estimate of drug-likeness (QED) is 0.222. The highest BCUT2D eigenvalue weighted by Gasteiger charge is 2.42. The van der Waals surface area contributed by atoms with E-state index < -0.39 is 42.0 Å². The van der Waals surface area contributed by atoms with Gasteiger partial charge in [-0.3, -0.25) is 24.4 Å². The van der Waals surface area contributed by atoms with Gasteiger partial charge in [-0.15, -0.1) is 0 Å². The van der Waals surface area contributed by atoms with Gasteiger partial charge in [-0.25, -0.2) is 15.6 Å². The zero-order valence-electron chi connectivity index (χ0n) is 20.2. The number of nitrogens with one attached hydrogen (secondary N) is 3. The second-order valence-corrected chi connectivity index (χ2v) is 8.75. The highest BCUT2D eigenvalue weighted by atomic mass is 16.5. The third-order valence-electron chi connectivity index (χ3n) is 5.84. The molecular weight excluding hydrogens is 444 g/mol. The molecule has 0 unspecified atom stereocenters. The number of nitrogens with zero attached hydrogens (tertiary/aromatic N) is 2. The fraction of sp³-hybridized carbons (Fsp3) is 0.727. The molecule has 0 aromatic carbocycles. The van der Waals surface area contributed by atoms with Crippen LogP contribution in [-0.4, -0.2) is 91.3 Å². The maximum Gasteiger partial charge on any atom is 0.331 e. The lowest BCUT2D eigenvalue weighted by Crippen LogP contribution is -2.68. The summed E-state index contributed by atoms with van der Waals surface area (Å²) in [4.78, 5) is 51.9. The van der Waals surface area contributed by atoms with E-state index in [4.69, 9.17) is 15.2 Å². The molecule has 2 heterocycles. The van der Waals surface area contributed by atoms with Crippen LogP contribution in [0.4, 0.5) is 0 Å². The van der Waals surface area contributed by atoms with Gasteiger partial charge in [0, 0.05) is 20.2 Å². The van der Waals surface area contributed by atoms with Gasteiger partial charge >= 0.3 is 5.97 Å². The maximum absolute atomic E-state index is 13.5. The molecule has 5 N–H and O–H groups in total. The lowest BCUT2D eigenvalue weighted by Gasteiger charge is -2.42. The zero-order valence-corrected chi connectivity index (χ0v) is 20.2. The summed E-state index contributed by atoms with van der Waals surface area (Å²) in [6, 6.07) is -3.47. The van der Waals surface area contributed by atoms with Crippen molar-refractivity contribution in [2.24, 2.45) is 11.7 Å². The third kappa shape index (κ3) is 6.98. The van der Waals surface area contributed by atoms with Crippen LogP contribution in [0.2, 0.25) is 0 Å². The van der Waals surface area contributed by atoms with E-state index in [9.17, 15) is 19.2 Å². The Balaban J connectivity index is 2.17. The third-order valence-corrected chi connectivity index (χ3v) is 5.84. The van der Waals surface area contributed by atoms with Crippen LogP contribution in [0, 0.1) is 5.92 Å². The molecule has 0 radical (unpaired) electrons. The van der Waals surface area contributed by atoms with Crippen LogP contribution < -0.4 is 21.9 Å². The first-order valence-corrected chi connectivity index (χ1v) is 11.7. The summed E-state index contributed by atoms with van der Waals surface area (Å²) in [6.07, 6.45) is 3.60. The highest BCUT2D eigenvalue weighted by Crippen LogP contribution is 2.20. The van der Waals surface area contributed by atoms with Gasteiger partial charge in [0.2, 0.25) is 5.91 Å². The molecule has 0 aliphatic carbocycles. The normalized spacial score (nSPS) is 22.6. The number of hydrogen-bond donors (Lipinski definition) is 4. The van der Waals surface area contributed by atoms with Crippen LogP contribution in [0.25, 0.3) is 0 Å². The average molecular weight is 483 g/mol. The Labute approximate surface area is 200 Å². The van der Waals surface area contributed by atoms with E-state index in [1.807, 2.05) is 13.8 Å². The second kappa shape index (κ2) is 13.4. The summed E-state index contributed by atoms with van der Waals surface area (Å²) in [5, 5.41) is 5.21. The van der Waals surface area contributed by atoms with Crippen molar-refractivity contribution in [2.45, 2.75) is 63.7 Å². The smallest absolute Gasteiger partial charge is 0.331 e. The summed E-state index contributed by atoms with van der Waals surface area (Å²) in [7, 11) is 1.40. The fourth-order valence-corrected chi connectivity index (χ4v) is 3.86. The van der Waals surface area contributed by atoms with Crippen LogP contribution in [0.1, 0.15) is 39.5 Å².